The van der Waals surface area contributed by atoms with Crippen LogP contribution in [0.25, 0.3) is 0 Å². The lowest BCUT2D eigenvalue weighted by molar-refractivity contribution is -0.139. The molecule has 37 heavy (non-hydrogen) atoms. The fraction of sp³-hybridized carbons (Fsp3) is 0.259. The van der Waals surface area contributed by atoms with Crippen molar-refractivity contribution in [1.29, 1.82) is 0 Å². The zero-order valence-electron chi connectivity index (χ0n) is 20.8. The molecule has 0 aliphatic heterocycles. The largest absolute Gasteiger partial charge is 0.357 e. The minimum Gasteiger partial charge on any atom is -0.357 e. The SMILES string of the molecule is CNC(=O)C(Cc1ccccc1)N(Cc1ccc(Cl)cc1)C(=O)CN(c1cc(Cl)ccc1C)S(C)(=O)=O. The van der Waals surface area contributed by atoms with Crippen LogP contribution >= 0.6 is 23.2 Å². The van der Waals surface area contributed by atoms with Crippen molar-refractivity contribution in [3.63, 3.8) is 0 Å². The third kappa shape index (κ3) is 7.71. The van der Waals surface area contributed by atoms with Gasteiger partial charge in [0.1, 0.15) is 12.6 Å². The minimum atomic E-state index is -3.87. The van der Waals surface area contributed by atoms with Crippen LogP contribution < -0.4 is 9.62 Å². The Hall–Kier alpha value is -3.07. The number of carbonyl (C=O) groups excluding carboxylic acids is 2. The average Bonchev–Trinajstić information content (AvgIpc) is 2.86. The highest BCUT2D eigenvalue weighted by Gasteiger charge is 2.33. The minimum absolute atomic E-state index is 0.0764. The van der Waals surface area contributed by atoms with Gasteiger partial charge in [0, 0.05) is 30.1 Å². The molecule has 2 amide bonds. The molecule has 10 heteroatoms. The normalized spacial score (nSPS) is 12.0. The van der Waals surface area contributed by atoms with Gasteiger partial charge in [-0.25, -0.2) is 8.42 Å². The van der Waals surface area contributed by atoms with Crippen molar-refractivity contribution < 1.29 is 18.0 Å². The maximum atomic E-state index is 13.9. The van der Waals surface area contributed by atoms with E-state index < -0.39 is 28.5 Å². The number of carbonyl (C=O) groups is 2. The number of rotatable bonds is 10. The lowest BCUT2D eigenvalue weighted by Crippen LogP contribution is -2.53. The summed E-state index contributed by atoms with van der Waals surface area (Å²) in [4.78, 5) is 28.4. The van der Waals surface area contributed by atoms with Crippen molar-refractivity contribution in [2.24, 2.45) is 0 Å². The summed E-state index contributed by atoms with van der Waals surface area (Å²) in [7, 11) is -2.36. The Morgan fingerprint density at radius 1 is 0.919 bits per heavy atom. The van der Waals surface area contributed by atoms with E-state index in [-0.39, 0.29) is 18.9 Å². The number of nitrogens with one attached hydrogen (secondary N) is 1. The summed E-state index contributed by atoms with van der Waals surface area (Å²) < 4.78 is 26.7. The van der Waals surface area contributed by atoms with Gasteiger partial charge in [-0.15, -0.1) is 0 Å². The fourth-order valence-electron chi connectivity index (χ4n) is 3.95. The predicted molar refractivity (Wildman–Crippen MR) is 148 cm³/mol. The maximum absolute atomic E-state index is 13.9. The molecule has 0 aliphatic carbocycles. The molecular weight excluding hydrogens is 533 g/mol. The second kappa shape index (κ2) is 12.4. The van der Waals surface area contributed by atoms with Crippen LogP contribution in [0, 0.1) is 6.92 Å². The Balaban J connectivity index is 2.04. The van der Waals surface area contributed by atoms with Crippen LogP contribution in [0.1, 0.15) is 16.7 Å². The van der Waals surface area contributed by atoms with E-state index in [0.29, 0.717) is 21.3 Å². The number of anilines is 1. The van der Waals surface area contributed by atoms with Crippen molar-refractivity contribution in [2.45, 2.75) is 25.9 Å². The van der Waals surface area contributed by atoms with Crippen LogP contribution in [0.2, 0.25) is 10.0 Å². The number of sulfonamides is 1. The number of benzene rings is 3. The zero-order valence-corrected chi connectivity index (χ0v) is 23.1. The van der Waals surface area contributed by atoms with Gasteiger partial charge in [-0.1, -0.05) is 71.7 Å². The summed E-state index contributed by atoms with van der Waals surface area (Å²) >= 11 is 12.2. The van der Waals surface area contributed by atoms with E-state index in [9.17, 15) is 18.0 Å². The van der Waals surface area contributed by atoms with E-state index >= 15 is 0 Å². The van der Waals surface area contributed by atoms with Gasteiger partial charge in [0.05, 0.1) is 11.9 Å². The molecule has 1 unspecified atom stereocenters. The Morgan fingerprint density at radius 3 is 2.14 bits per heavy atom. The molecule has 0 fully saturated rings. The van der Waals surface area contributed by atoms with Crippen LogP contribution in [-0.2, 0) is 32.6 Å². The van der Waals surface area contributed by atoms with E-state index in [1.54, 1.807) is 43.3 Å². The van der Waals surface area contributed by atoms with Crippen LogP contribution in [0.3, 0.4) is 0 Å². The third-order valence-electron chi connectivity index (χ3n) is 5.90. The topological polar surface area (TPSA) is 86.8 Å². The van der Waals surface area contributed by atoms with Gasteiger partial charge in [-0.2, -0.15) is 0 Å². The standard InChI is InChI=1S/C27H29Cl2N3O4S/c1-19-9-12-23(29)16-24(19)32(37(3,35)36)18-26(33)31(17-21-10-13-22(28)14-11-21)25(27(34)30-2)15-20-7-5-4-6-8-20/h4-14,16,25H,15,17-18H2,1-3H3,(H,30,34). The summed E-state index contributed by atoms with van der Waals surface area (Å²) in [6.45, 7) is 1.31. The average molecular weight is 563 g/mol. The van der Waals surface area contributed by atoms with Gasteiger partial charge >= 0.3 is 0 Å². The van der Waals surface area contributed by atoms with Crippen LogP contribution in [0.4, 0.5) is 5.69 Å². The molecule has 0 spiro atoms. The van der Waals surface area contributed by atoms with E-state index in [4.69, 9.17) is 23.2 Å². The molecule has 196 valence electrons. The van der Waals surface area contributed by atoms with Gasteiger partial charge in [0.2, 0.25) is 21.8 Å². The molecule has 0 aliphatic rings. The molecule has 1 atom stereocenters. The van der Waals surface area contributed by atoms with E-state index in [0.717, 1.165) is 21.7 Å². The van der Waals surface area contributed by atoms with Crippen molar-refractivity contribution in [3.05, 3.63) is 99.5 Å². The second-order valence-corrected chi connectivity index (χ2v) is 11.4. The molecule has 0 bridgehead atoms. The van der Waals surface area contributed by atoms with Crippen molar-refractivity contribution in [2.75, 3.05) is 24.2 Å². The zero-order chi connectivity index (χ0) is 27.2. The van der Waals surface area contributed by atoms with E-state index in [1.807, 2.05) is 30.3 Å². The summed E-state index contributed by atoms with van der Waals surface area (Å²) in [5.41, 5.74) is 2.54. The monoisotopic (exact) mass is 561 g/mol. The Bertz CT molecular complexity index is 1350. The summed E-state index contributed by atoms with van der Waals surface area (Å²) in [5, 5.41) is 3.52. The quantitative estimate of drug-likeness (QED) is 0.396. The number of amides is 2. The van der Waals surface area contributed by atoms with Crippen LogP contribution in [0.5, 0.6) is 0 Å². The Morgan fingerprint density at radius 2 is 1.54 bits per heavy atom. The molecule has 0 saturated carbocycles. The summed E-state index contributed by atoms with van der Waals surface area (Å²) in [6, 6.07) is 20.2. The molecular formula is C27H29Cl2N3O4S. The number of nitrogens with zero attached hydrogens (tertiary/aromatic N) is 2. The highest BCUT2D eigenvalue weighted by atomic mass is 35.5. The summed E-state index contributed by atoms with van der Waals surface area (Å²) in [5.74, 6) is -0.903. The molecule has 1 N–H and O–H groups in total. The molecule has 0 aromatic heterocycles. The molecule has 0 heterocycles. The number of hydrogen-bond donors (Lipinski definition) is 1. The predicted octanol–water partition coefficient (Wildman–Crippen LogP) is 4.45. The first kappa shape index (κ1) is 28.5. The fourth-order valence-corrected chi connectivity index (χ4v) is 5.14. The molecule has 0 radical (unpaired) electrons. The molecule has 7 nitrogen and oxygen atoms in total. The van der Waals surface area contributed by atoms with Crippen molar-refractivity contribution in [3.8, 4) is 0 Å². The summed E-state index contributed by atoms with van der Waals surface area (Å²) in [6.07, 6.45) is 1.28. The van der Waals surface area contributed by atoms with Gasteiger partial charge in [-0.05, 0) is 47.9 Å². The smallest absolute Gasteiger partial charge is 0.244 e. The second-order valence-electron chi connectivity index (χ2n) is 8.67. The first-order valence-electron chi connectivity index (χ1n) is 11.5. The van der Waals surface area contributed by atoms with Crippen LogP contribution in [0.15, 0.2) is 72.8 Å². The maximum Gasteiger partial charge on any atom is 0.244 e. The lowest BCUT2D eigenvalue weighted by Gasteiger charge is -2.33. The highest BCUT2D eigenvalue weighted by molar-refractivity contribution is 7.92. The lowest BCUT2D eigenvalue weighted by atomic mass is 10.0. The molecule has 3 aromatic carbocycles. The van der Waals surface area contributed by atoms with E-state index in [1.165, 1.54) is 18.0 Å². The highest BCUT2D eigenvalue weighted by Crippen LogP contribution is 2.27. The Labute approximate surface area is 228 Å². The number of likely N-dealkylation sites (N-methyl/N-ethyl adjacent to an activating group) is 1. The van der Waals surface area contributed by atoms with E-state index in [2.05, 4.69) is 5.32 Å². The molecule has 3 aromatic rings. The third-order valence-corrected chi connectivity index (χ3v) is 7.52. The first-order chi connectivity index (χ1) is 17.5. The molecule has 3 rings (SSSR count). The van der Waals surface area contributed by atoms with Crippen LogP contribution in [-0.4, -0.2) is 51.0 Å². The molecule has 0 saturated heterocycles. The van der Waals surface area contributed by atoms with Gasteiger partial charge in [0.15, 0.2) is 0 Å². The van der Waals surface area contributed by atoms with Gasteiger partial charge in [-0.3, -0.25) is 13.9 Å². The van der Waals surface area contributed by atoms with Crippen molar-refractivity contribution >= 4 is 50.7 Å². The van der Waals surface area contributed by atoms with Crippen molar-refractivity contribution in [1.82, 2.24) is 10.2 Å². The Kier molecular flexibility index (Phi) is 9.59. The van der Waals surface area contributed by atoms with Gasteiger partial charge < -0.3 is 10.2 Å². The number of halogens is 2. The number of hydrogen-bond acceptors (Lipinski definition) is 4. The van der Waals surface area contributed by atoms with Gasteiger partial charge in [0.25, 0.3) is 0 Å². The first-order valence-corrected chi connectivity index (χ1v) is 14.1. The number of aryl methyl sites for hydroxylation is 1.